The molecule has 0 fully saturated rings. The van der Waals surface area contributed by atoms with E-state index in [4.69, 9.17) is 9.47 Å². The summed E-state index contributed by atoms with van der Waals surface area (Å²) in [6.45, 7) is 2.87. The first-order chi connectivity index (χ1) is 12.2. The van der Waals surface area contributed by atoms with Gasteiger partial charge < -0.3 is 14.8 Å². The molecule has 2 aromatic carbocycles. The molecular weight excluding hydrogens is 336 g/mol. The zero-order valence-electron chi connectivity index (χ0n) is 13.6. The maximum atomic E-state index is 12.9. The number of aryl methyl sites for hydroxylation is 1. The SMILES string of the molecule is Cc1nc(Nc2ccccc2)sc1C(=O)c1ccc2c(c1)OCCO2. The second-order valence-corrected chi connectivity index (χ2v) is 6.61. The summed E-state index contributed by atoms with van der Waals surface area (Å²) in [5.74, 6) is 1.23. The van der Waals surface area contributed by atoms with Gasteiger partial charge in [0.15, 0.2) is 16.6 Å². The molecule has 1 N–H and O–H groups in total. The van der Waals surface area contributed by atoms with Crippen molar-refractivity contribution < 1.29 is 14.3 Å². The van der Waals surface area contributed by atoms with E-state index in [0.717, 1.165) is 5.69 Å². The van der Waals surface area contributed by atoms with Crippen LogP contribution in [0.4, 0.5) is 10.8 Å². The van der Waals surface area contributed by atoms with Gasteiger partial charge in [0.05, 0.1) is 10.6 Å². The van der Waals surface area contributed by atoms with Crippen molar-refractivity contribution >= 4 is 27.9 Å². The van der Waals surface area contributed by atoms with Gasteiger partial charge in [-0.2, -0.15) is 0 Å². The van der Waals surface area contributed by atoms with Gasteiger partial charge in [-0.1, -0.05) is 29.5 Å². The van der Waals surface area contributed by atoms with Gasteiger partial charge in [-0.15, -0.1) is 0 Å². The van der Waals surface area contributed by atoms with Crippen LogP contribution in [0.3, 0.4) is 0 Å². The summed E-state index contributed by atoms with van der Waals surface area (Å²) in [5.41, 5.74) is 2.22. The lowest BCUT2D eigenvalue weighted by atomic mass is 10.1. The molecule has 6 heteroatoms. The van der Waals surface area contributed by atoms with Crippen molar-refractivity contribution in [3.63, 3.8) is 0 Å². The molecule has 1 aliphatic heterocycles. The molecule has 0 radical (unpaired) electrons. The highest BCUT2D eigenvalue weighted by atomic mass is 32.1. The second kappa shape index (κ2) is 6.57. The Balaban J connectivity index is 1.60. The first-order valence-corrected chi connectivity index (χ1v) is 8.76. The Labute approximate surface area is 149 Å². The minimum absolute atomic E-state index is 0.0620. The van der Waals surface area contributed by atoms with Crippen LogP contribution in [0.25, 0.3) is 0 Å². The highest BCUT2D eigenvalue weighted by Crippen LogP contribution is 2.33. The monoisotopic (exact) mass is 352 g/mol. The van der Waals surface area contributed by atoms with Crippen LogP contribution in [0.5, 0.6) is 11.5 Å². The van der Waals surface area contributed by atoms with E-state index in [-0.39, 0.29) is 5.78 Å². The standard InChI is InChI=1S/C19H16N2O3S/c1-12-18(25-19(20-12)21-14-5-3-2-4-6-14)17(22)13-7-8-15-16(11-13)24-10-9-23-15/h2-8,11H,9-10H2,1H3,(H,20,21). The number of hydrogen-bond acceptors (Lipinski definition) is 6. The molecule has 0 aliphatic carbocycles. The summed E-state index contributed by atoms with van der Waals surface area (Å²) in [6.07, 6.45) is 0. The summed E-state index contributed by atoms with van der Waals surface area (Å²) < 4.78 is 11.1. The van der Waals surface area contributed by atoms with Crippen molar-refractivity contribution in [3.8, 4) is 11.5 Å². The summed E-state index contributed by atoms with van der Waals surface area (Å²) >= 11 is 1.35. The van der Waals surface area contributed by atoms with E-state index in [9.17, 15) is 4.79 Å². The molecule has 0 amide bonds. The number of anilines is 2. The minimum atomic E-state index is -0.0620. The van der Waals surface area contributed by atoms with Gasteiger partial charge in [-0.3, -0.25) is 4.79 Å². The minimum Gasteiger partial charge on any atom is -0.486 e. The molecule has 0 bridgehead atoms. The van der Waals surface area contributed by atoms with Crippen LogP contribution in [-0.4, -0.2) is 24.0 Å². The molecule has 5 nitrogen and oxygen atoms in total. The fourth-order valence-electron chi connectivity index (χ4n) is 2.62. The van der Waals surface area contributed by atoms with E-state index >= 15 is 0 Å². The van der Waals surface area contributed by atoms with Gasteiger partial charge in [0.2, 0.25) is 5.78 Å². The number of carbonyl (C=O) groups excluding carboxylic acids is 1. The number of ketones is 1. The molecule has 4 rings (SSSR count). The van der Waals surface area contributed by atoms with Crippen molar-refractivity contribution in [1.82, 2.24) is 4.98 Å². The first kappa shape index (κ1) is 15.7. The lowest BCUT2D eigenvalue weighted by Crippen LogP contribution is -2.15. The third kappa shape index (κ3) is 3.21. The predicted octanol–water partition coefficient (Wildman–Crippen LogP) is 4.20. The Kier molecular flexibility index (Phi) is 4.11. The average Bonchev–Trinajstić information content (AvgIpc) is 3.01. The number of benzene rings is 2. The highest BCUT2D eigenvalue weighted by Gasteiger charge is 2.20. The Bertz CT molecular complexity index is 922. The lowest BCUT2D eigenvalue weighted by molar-refractivity contribution is 0.104. The van der Waals surface area contributed by atoms with Gasteiger partial charge >= 0.3 is 0 Å². The maximum absolute atomic E-state index is 12.9. The number of ether oxygens (including phenoxy) is 2. The van der Waals surface area contributed by atoms with Crippen LogP contribution in [0.15, 0.2) is 48.5 Å². The average molecular weight is 352 g/mol. The van der Waals surface area contributed by atoms with Gasteiger partial charge in [-0.25, -0.2) is 4.98 Å². The number of hydrogen-bond donors (Lipinski definition) is 1. The molecule has 25 heavy (non-hydrogen) atoms. The third-order valence-electron chi connectivity index (χ3n) is 3.83. The van der Waals surface area contributed by atoms with Crippen LogP contribution in [0.2, 0.25) is 0 Å². The Morgan fingerprint density at radius 3 is 2.64 bits per heavy atom. The van der Waals surface area contributed by atoms with Gasteiger partial charge in [-0.05, 0) is 37.3 Å². The van der Waals surface area contributed by atoms with E-state index in [2.05, 4.69) is 10.3 Å². The number of thiazole rings is 1. The van der Waals surface area contributed by atoms with E-state index < -0.39 is 0 Å². The molecular formula is C19H16N2O3S. The van der Waals surface area contributed by atoms with Crippen LogP contribution >= 0.6 is 11.3 Å². The quantitative estimate of drug-likeness (QED) is 0.713. The van der Waals surface area contributed by atoms with Crippen molar-refractivity contribution in [1.29, 1.82) is 0 Å². The fourth-order valence-corrected chi connectivity index (χ4v) is 3.57. The molecule has 2 heterocycles. The number of aromatic nitrogens is 1. The molecule has 1 aromatic heterocycles. The maximum Gasteiger partial charge on any atom is 0.205 e. The molecule has 0 unspecified atom stereocenters. The first-order valence-electron chi connectivity index (χ1n) is 7.94. The molecule has 126 valence electrons. The summed E-state index contributed by atoms with van der Waals surface area (Å²) in [4.78, 5) is 18.0. The van der Waals surface area contributed by atoms with E-state index in [1.54, 1.807) is 18.2 Å². The molecule has 1 aliphatic rings. The number of fused-ring (bicyclic) bond motifs is 1. The van der Waals surface area contributed by atoms with Gasteiger partial charge in [0.1, 0.15) is 13.2 Å². The van der Waals surface area contributed by atoms with Gasteiger partial charge in [0.25, 0.3) is 0 Å². The molecule has 0 spiro atoms. The normalized spacial score (nSPS) is 12.7. The van der Waals surface area contributed by atoms with E-state index in [1.807, 2.05) is 37.3 Å². The van der Waals surface area contributed by atoms with Crippen molar-refractivity contribution in [2.45, 2.75) is 6.92 Å². The van der Waals surface area contributed by atoms with E-state index in [1.165, 1.54) is 11.3 Å². The predicted molar refractivity (Wildman–Crippen MR) is 97.4 cm³/mol. The summed E-state index contributed by atoms with van der Waals surface area (Å²) in [5, 5.41) is 3.93. The Hall–Kier alpha value is -2.86. The van der Waals surface area contributed by atoms with Crippen molar-refractivity contribution in [3.05, 3.63) is 64.7 Å². The second-order valence-electron chi connectivity index (χ2n) is 5.61. The lowest BCUT2D eigenvalue weighted by Gasteiger charge is -2.18. The fraction of sp³-hybridized carbons (Fsp3) is 0.158. The summed E-state index contributed by atoms with van der Waals surface area (Å²) in [6, 6.07) is 15.0. The van der Waals surface area contributed by atoms with Crippen LogP contribution < -0.4 is 14.8 Å². The number of rotatable bonds is 4. The zero-order valence-corrected chi connectivity index (χ0v) is 14.4. The van der Waals surface area contributed by atoms with Crippen molar-refractivity contribution in [2.24, 2.45) is 0 Å². The van der Waals surface area contributed by atoms with Crippen LogP contribution in [0, 0.1) is 6.92 Å². The Morgan fingerprint density at radius 2 is 1.84 bits per heavy atom. The summed E-state index contributed by atoms with van der Waals surface area (Å²) in [7, 11) is 0. The van der Waals surface area contributed by atoms with Crippen LogP contribution in [-0.2, 0) is 0 Å². The Morgan fingerprint density at radius 1 is 1.08 bits per heavy atom. The van der Waals surface area contributed by atoms with Crippen LogP contribution in [0.1, 0.15) is 20.9 Å². The zero-order chi connectivity index (χ0) is 17.2. The highest BCUT2D eigenvalue weighted by molar-refractivity contribution is 7.17. The number of nitrogens with one attached hydrogen (secondary N) is 1. The molecule has 0 atom stereocenters. The molecule has 3 aromatic rings. The number of carbonyl (C=O) groups is 1. The third-order valence-corrected chi connectivity index (χ3v) is 4.90. The van der Waals surface area contributed by atoms with Gasteiger partial charge in [0, 0.05) is 11.3 Å². The smallest absolute Gasteiger partial charge is 0.205 e. The van der Waals surface area contributed by atoms with Crippen molar-refractivity contribution in [2.75, 3.05) is 18.5 Å². The number of para-hydroxylation sites is 1. The largest absolute Gasteiger partial charge is 0.486 e. The molecule has 0 saturated carbocycles. The molecule has 0 saturated heterocycles. The number of nitrogens with zero attached hydrogens (tertiary/aromatic N) is 1. The topological polar surface area (TPSA) is 60.5 Å². The van der Waals surface area contributed by atoms with E-state index in [0.29, 0.717) is 46.0 Å².